The van der Waals surface area contributed by atoms with E-state index in [1.54, 1.807) is 35.2 Å². The molecular weight excluding hydrogens is 528 g/mol. The Kier molecular flexibility index (Phi) is 6.80. The predicted molar refractivity (Wildman–Crippen MR) is 133 cm³/mol. The number of nitrogens with zero attached hydrogens (tertiary/aromatic N) is 4. The molecule has 9 nitrogen and oxygen atoms in total. The summed E-state index contributed by atoms with van der Waals surface area (Å²) < 4.78 is 19.9. The van der Waals surface area contributed by atoms with Gasteiger partial charge < -0.3 is 14.2 Å². The van der Waals surface area contributed by atoms with Crippen LogP contribution in [0.2, 0.25) is 0 Å². The van der Waals surface area contributed by atoms with Crippen molar-refractivity contribution < 1.29 is 23.8 Å². The normalized spacial score (nSPS) is 19.4. The lowest BCUT2D eigenvalue weighted by molar-refractivity contribution is -0.0563. The third kappa shape index (κ3) is 5.00. The van der Waals surface area contributed by atoms with E-state index in [2.05, 4.69) is 30.9 Å². The fourth-order valence-electron chi connectivity index (χ4n) is 4.01. The van der Waals surface area contributed by atoms with Gasteiger partial charge in [-0.3, -0.25) is 4.57 Å². The maximum Gasteiger partial charge on any atom is 0.338 e. The van der Waals surface area contributed by atoms with Gasteiger partial charge >= 0.3 is 11.9 Å². The standard InChI is InChI=1S/C26H23BrN4O5/c1-15-3-7-17(8-4-15)25(32)34-12-20-19(36-26(33)18-9-5-16(2)6-10-18)11-21(35-20)31-14-30-22-23(27)28-13-29-24(22)31/h3-10,13-14,19-21H,11-12H2,1-2H3/t19-,20+,21-/m0/s1. The number of aryl methyl sites for hydroxylation is 2. The number of aromatic nitrogens is 4. The second kappa shape index (κ2) is 10.2. The van der Waals surface area contributed by atoms with E-state index < -0.39 is 30.4 Å². The zero-order valence-corrected chi connectivity index (χ0v) is 21.2. The third-order valence-electron chi connectivity index (χ3n) is 6.02. The van der Waals surface area contributed by atoms with Crippen molar-refractivity contribution in [3.8, 4) is 0 Å². The number of carbonyl (C=O) groups excluding carboxylic acids is 2. The number of rotatable bonds is 6. The summed E-state index contributed by atoms with van der Waals surface area (Å²) in [6, 6.07) is 14.2. The molecule has 0 unspecified atom stereocenters. The SMILES string of the molecule is Cc1ccc(C(=O)OC[C@H]2O[C@H](n3cnc4c(Br)ncnc43)C[C@@H]2OC(=O)c2ccc(C)cc2)cc1. The van der Waals surface area contributed by atoms with Crippen LogP contribution in [-0.4, -0.2) is 50.3 Å². The molecule has 36 heavy (non-hydrogen) atoms. The lowest BCUT2D eigenvalue weighted by Crippen LogP contribution is -2.32. The molecule has 0 amide bonds. The van der Waals surface area contributed by atoms with Gasteiger partial charge in [-0.25, -0.2) is 24.5 Å². The summed E-state index contributed by atoms with van der Waals surface area (Å²) in [4.78, 5) is 38.3. The average Bonchev–Trinajstić information content (AvgIpc) is 3.48. The van der Waals surface area contributed by atoms with Crippen LogP contribution >= 0.6 is 15.9 Å². The minimum Gasteiger partial charge on any atom is -0.459 e. The van der Waals surface area contributed by atoms with Crippen LogP contribution in [0.25, 0.3) is 11.2 Å². The smallest absolute Gasteiger partial charge is 0.338 e. The van der Waals surface area contributed by atoms with Crippen LogP contribution in [0.4, 0.5) is 0 Å². The van der Waals surface area contributed by atoms with Crippen LogP contribution in [0.3, 0.4) is 0 Å². The Morgan fingerprint density at radius 1 is 0.972 bits per heavy atom. The first-order valence-electron chi connectivity index (χ1n) is 11.4. The lowest BCUT2D eigenvalue weighted by Gasteiger charge is -2.19. The molecule has 0 N–H and O–H groups in total. The van der Waals surface area contributed by atoms with Crippen LogP contribution in [0, 0.1) is 13.8 Å². The van der Waals surface area contributed by atoms with Gasteiger partial charge in [-0.2, -0.15) is 0 Å². The summed E-state index contributed by atoms with van der Waals surface area (Å²) in [7, 11) is 0. The number of hydrogen-bond donors (Lipinski definition) is 0. The maximum absolute atomic E-state index is 12.9. The van der Waals surface area contributed by atoms with Crippen molar-refractivity contribution in [2.45, 2.75) is 38.7 Å². The van der Waals surface area contributed by atoms with Crippen molar-refractivity contribution in [1.82, 2.24) is 19.5 Å². The number of ether oxygens (including phenoxy) is 3. The van der Waals surface area contributed by atoms with Gasteiger partial charge in [0.2, 0.25) is 0 Å². The molecular formula is C26H23BrN4O5. The van der Waals surface area contributed by atoms with Gasteiger partial charge in [0, 0.05) is 6.42 Å². The van der Waals surface area contributed by atoms with E-state index in [-0.39, 0.29) is 6.61 Å². The zero-order chi connectivity index (χ0) is 25.2. The molecule has 2 aromatic carbocycles. The van der Waals surface area contributed by atoms with Gasteiger partial charge in [-0.15, -0.1) is 0 Å². The van der Waals surface area contributed by atoms with E-state index in [1.165, 1.54) is 6.33 Å². The summed E-state index contributed by atoms with van der Waals surface area (Å²) >= 11 is 3.38. The first kappa shape index (κ1) is 24.1. The number of esters is 2. The minimum absolute atomic E-state index is 0.0830. The van der Waals surface area contributed by atoms with Crippen molar-refractivity contribution in [1.29, 1.82) is 0 Å². The molecule has 3 heterocycles. The second-order valence-electron chi connectivity index (χ2n) is 8.63. The molecule has 10 heteroatoms. The molecule has 0 aliphatic carbocycles. The molecule has 0 saturated carbocycles. The summed E-state index contributed by atoms with van der Waals surface area (Å²) in [6.07, 6.45) is 1.50. The molecule has 1 saturated heterocycles. The molecule has 1 fully saturated rings. The van der Waals surface area contributed by atoms with Crippen molar-refractivity contribution in [2.24, 2.45) is 0 Å². The Morgan fingerprint density at radius 3 is 2.28 bits per heavy atom. The highest BCUT2D eigenvalue weighted by Gasteiger charge is 2.40. The summed E-state index contributed by atoms with van der Waals surface area (Å²) in [6.45, 7) is 3.80. The number of imidazole rings is 1. The Bertz CT molecular complexity index is 1400. The van der Waals surface area contributed by atoms with Crippen molar-refractivity contribution in [3.05, 3.63) is 88.0 Å². The molecule has 184 valence electrons. The van der Waals surface area contributed by atoms with Gasteiger partial charge in [-0.1, -0.05) is 35.4 Å². The second-order valence-corrected chi connectivity index (χ2v) is 9.38. The van der Waals surface area contributed by atoms with Crippen LogP contribution in [0.15, 0.2) is 65.8 Å². The molecule has 2 aromatic heterocycles. The summed E-state index contributed by atoms with van der Waals surface area (Å²) in [5.74, 6) is -0.949. The van der Waals surface area contributed by atoms with E-state index in [0.29, 0.717) is 33.3 Å². The third-order valence-corrected chi connectivity index (χ3v) is 6.60. The predicted octanol–water partition coefficient (Wildman–Crippen LogP) is 4.58. The highest BCUT2D eigenvalue weighted by molar-refractivity contribution is 9.10. The number of halogens is 1. The Hall–Kier alpha value is -3.63. The van der Waals surface area contributed by atoms with E-state index >= 15 is 0 Å². The number of fused-ring (bicyclic) bond motifs is 1. The first-order valence-corrected chi connectivity index (χ1v) is 12.2. The quantitative estimate of drug-likeness (QED) is 0.254. The van der Waals surface area contributed by atoms with Crippen LogP contribution in [0.1, 0.15) is 44.5 Å². The minimum atomic E-state index is -0.679. The number of benzene rings is 2. The van der Waals surface area contributed by atoms with E-state index in [9.17, 15) is 9.59 Å². The fraction of sp³-hybridized carbons (Fsp3) is 0.269. The molecule has 1 aliphatic rings. The van der Waals surface area contributed by atoms with Crippen LogP contribution in [0.5, 0.6) is 0 Å². The number of carbonyl (C=O) groups is 2. The molecule has 5 rings (SSSR count). The Balaban J connectivity index is 1.36. The molecule has 4 aromatic rings. The molecule has 0 bridgehead atoms. The van der Waals surface area contributed by atoms with Gasteiger partial charge in [0.1, 0.15) is 41.5 Å². The van der Waals surface area contributed by atoms with Gasteiger partial charge in [0.25, 0.3) is 0 Å². The maximum atomic E-state index is 12.9. The monoisotopic (exact) mass is 550 g/mol. The highest BCUT2D eigenvalue weighted by atomic mass is 79.9. The van der Waals surface area contributed by atoms with Gasteiger partial charge in [-0.05, 0) is 54.0 Å². The van der Waals surface area contributed by atoms with Crippen molar-refractivity contribution >= 4 is 39.0 Å². The Labute approximate surface area is 215 Å². The van der Waals surface area contributed by atoms with E-state index in [4.69, 9.17) is 14.2 Å². The zero-order valence-electron chi connectivity index (χ0n) is 19.6. The van der Waals surface area contributed by atoms with Crippen LogP contribution < -0.4 is 0 Å². The van der Waals surface area contributed by atoms with Gasteiger partial charge in [0.15, 0.2) is 5.65 Å². The van der Waals surface area contributed by atoms with Gasteiger partial charge in [0.05, 0.1) is 17.5 Å². The van der Waals surface area contributed by atoms with Crippen LogP contribution in [-0.2, 0) is 14.2 Å². The molecule has 0 radical (unpaired) electrons. The topological polar surface area (TPSA) is 105 Å². The van der Waals surface area contributed by atoms with Crippen molar-refractivity contribution in [2.75, 3.05) is 6.61 Å². The van der Waals surface area contributed by atoms with Crippen molar-refractivity contribution in [3.63, 3.8) is 0 Å². The first-order chi connectivity index (χ1) is 17.4. The molecule has 0 spiro atoms. The Morgan fingerprint density at radius 2 is 1.61 bits per heavy atom. The molecule has 3 atom stereocenters. The highest BCUT2D eigenvalue weighted by Crippen LogP contribution is 2.34. The fourth-order valence-corrected chi connectivity index (χ4v) is 4.38. The number of hydrogen-bond acceptors (Lipinski definition) is 8. The molecule has 1 aliphatic heterocycles. The summed E-state index contributed by atoms with van der Waals surface area (Å²) in [5.41, 5.74) is 4.11. The summed E-state index contributed by atoms with van der Waals surface area (Å²) in [5, 5.41) is 0. The van der Waals surface area contributed by atoms with E-state index in [1.807, 2.05) is 38.1 Å². The largest absolute Gasteiger partial charge is 0.459 e. The lowest BCUT2D eigenvalue weighted by atomic mass is 10.1. The van der Waals surface area contributed by atoms with E-state index in [0.717, 1.165) is 11.1 Å². The average molecular weight is 551 g/mol.